The molecule has 2 aromatic heterocycles. The van der Waals surface area contributed by atoms with Gasteiger partial charge < -0.3 is 9.52 Å². The summed E-state index contributed by atoms with van der Waals surface area (Å²) in [5.74, 6) is -2.52. The zero-order valence-electron chi connectivity index (χ0n) is 17.7. The van der Waals surface area contributed by atoms with Gasteiger partial charge in [-0.3, -0.25) is 0 Å². The fraction of sp³-hybridized carbons (Fsp3) is 0.350. The van der Waals surface area contributed by atoms with Crippen LogP contribution in [0.3, 0.4) is 0 Å². The maximum atomic E-state index is 14.8. The number of aromatic amines is 1. The summed E-state index contributed by atoms with van der Waals surface area (Å²) in [6.07, 6.45) is -1.11. The first-order chi connectivity index (χ1) is 14.9. The van der Waals surface area contributed by atoms with Crippen molar-refractivity contribution in [2.45, 2.75) is 50.8 Å². The van der Waals surface area contributed by atoms with Crippen LogP contribution < -0.4 is 10.5 Å². The molecule has 9 nitrogen and oxygen atoms in total. The number of sulfonamides is 1. The van der Waals surface area contributed by atoms with E-state index >= 15 is 0 Å². The Balaban J connectivity index is 2.10. The Bertz CT molecular complexity index is 1310. The molecule has 0 fully saturated rings. The normalized spacial score (nSPS) is 14.8. The number of aliphatic hydroxyl groups excluding tert-OH is 1. The van der Waals surface area contributed by atoms with Crippen LogP contribution in [0, 0.1) is 19.7 Å². The number of aryl methyl sites for hydroxylation is 1. The molecule has 3 aromatic rings. The molecule has 3 atom stereocenters. The minimum atomic E-state index is -4.33. The van der Waals surface area contributed by atoms with Crippen LogP contribution >= 0.6 is 11.6 Å². The van der Waals surface area contributed by atoms with Gasteiger partial charge in [-0.25, -0.2) is 27.7 Å². The van der Waals surface area contributed by atoms with Crippen LogP contribution in [0.15, 0.2) is 38.5 Å². The van der Waals surface area contributed by atoms with E-state index in [1.54, 1.807) is 26.8 Å². The van der Waals surface area contributed by atoms with Crippen molar-refractivity contribution in [1.29, 1.82) is 0 Å². The number of hydrogen-bond donors (Lipinski definition) is 3. The highest BCUT2D eigenvalue weighted by Crippen LogP contribution is 2.35. The first-order valence-electron chi connectivity index (χ1n) is 9.60. The van der Waals surface area contributed by atoms with Crippen molar-refractivity contribution in [3.8, 4) is 0 Å². The van der Waals surface area contributed by atoms with Gasteiger partial charge in [0.05, 0.1) is 16.8 Å². The molecule has 0 amide bonds. The number of aromatic nitrogens is 3. The van der Waals surface area contributed by atoms with Gasteiger partial charge in [-0.1, -0.05) is 24.6 Å². The number of pyridine rings is 1. The zero-order chi connectivity index (χ0) is 23.8. The van der Waals surface area contributed by atoms with Crippen molar-refractivity contribution in [2.24, 2.45) is 0 Å². The molecule has 1 unspecified atom stereocenters. The van der Waals surface area contributed by atoms with E-state index in [0.717, 1.165) is 11.6 Å². The van der Waals surface area contributed by atoms with Crippen LogP contribution in [0.4, 0.5) is 4.39 Å². The third-order valence-electron chi connectivity index (χ3n) is 5.21. The molecule has 12 heteroatoms. The molecule has 0 aliphatic rings. The number of nitrogens with zero attached hydrogens (tertiary/aromatic N) is 2. The second-order valence-corrected chi connectivity index (χ2v) is 9.50. The summed E-state index contributed by atoms with van der Waals surface area (Å²) in [4.78, 5) is 15.5. The van der Waals surface area contributed by atoms with Gasteiger partial charge in [0.2, 0.25) is 5.89 Å². The molecule has 32 heavy (non-hydrogen) atoms. The van der Waals surface area contributed by atoms with Crippen molar-refractivity contribution in [3.63, 3.8) is 0 Å². The summed E-state index contributed by atoms with van der Waals surface area (Å²) >= 11 is 5.98. The lowest BCUT2D eigenvalue weighted by Crippen LogP contribution is -2.33. The third kappa shape index (κ3) is 4.75. The molecular weight excluding hydrogens is 463 g/mol. The Morgan fingerprint density at radius 2 is 1.91 bits per heavy atom. The van der Waals surface area contributed by atoms with Crippen molar-refractivity contribution in [2.75, 3.05) is 0 Å². The van der Waals surface area contributed by atoms with Crippen LogP contribution in [0.2, 0.25) is 5.02 Å². The Labute approximate surface area is 188 Å². The molecule has 0 saturated carbocycles. The van der Waals surface area contributed by atoms with E-state index in [4.69, 9.17) is 16.0 Å². The van der Waals surface area contributed by atoms with Crippen LogP contribution in [-0.4, -0.2) is 28.7 Å². The summed E-state index contributed by atoms with van der Waals surface area (Å²) < 4.78 is 48.4. The quantitative estimate of drug-likeness (QED) is 0.468. The minimum Gasteiger partial charge on any atom is -0.391 e. The maximum Gasteiger partial charge on any atom is 0.434 e. The Kier molecular flexibility index (Phi) is 6.84. The largest absolute Gasteiger partial charge is 0.434 e. The second-order valence-electron chi connectivity index (χ2n) is 7.43. The van der Waals surface area contributed by atoms with E-state index in [0.29, 0.717) is 5.56 Å². The zero-order valence-corrected chi connectivity index (χ0v) is 19.3. The number of halogens is 2. The number of benzene rings is 1. The predicted octanol–water partition coefficient (Wildman–Crippen LogP) is 3.04. The SMILES string of the molecule is Cc1ccc(F)c([C@@H](C)[C@H](NS(=O)(=O)c2ccc(Cl)c(C(C)O)n2)c2n[nH]c(=O)o2)c1C. The highest BCUT2D eigenvalue weighted by Gasteiger charge is 2.34. The molecule has 172 valence electrons. The summed E-state index contributed by atoms with van der Waals surface area (Å²) in [6, 6.07) is 4.11. The maximum absolute atomic E-state index is 14.8. The van der Waals surface area contributed by atoms with Crippen molar-refractivity contribution in [3.05, 3.63) is 73.9 Å². The van der Waals surface area contributed by atoms with E-state index in [1.807, 2.05) is 0 Å². The highest BCUT2D eigenvalue weighted by molar-refractivity contribution is 7.89. The van der Waals surface area contributed by atoms with Crippen LogP contribution in [0.1, 0.15) is 60.2 Å². The van der Waals surface area contributed by atoms with Gasteiger partial charge in [0.1, 0.15) is 11.9 Å². The highest BCUT2D eigenvalue weighted by atomic mass is 35.5. The lowest BCUT2D eigenvalue weighted by molar-refractivity contribution is 0.193. The molecule has 1 aromatic carbocycles. The monoisotopic (exact) mass is 484 g/mol. The van der Waals surface area contributed by atoms with E-state index in [2.05, 4.69) is 19.9 Å². The molecule has 0 spiro atoms. The summed E-state index contributed by atoms with van der Waals surface area (Å²) in [5, 5.41) is 15.3. The summed E-state index contributed by atoms with van der Waals surface area (Å²) in [7, 11) is -4.33. The van der Waals surface area contributed by atoms with Crippen molar-refractivity contribution in [1.82, 2.24) is 19.9 Å². The van der Waals surface area contributed by atoms with Gasteiger partial charge in [-0.2, -0.15) is 4.72 Å². The molecule has 0 radical (unpaired) electrons. The van der Waals surface area contributed by atoms with Gasteiger partial charge in [-0.05, 0) is 55.7 Å². The van der Waals surface area contributed by atoms with Gasteiger partial charge in [0.15, 0.2) is 5.03 Å². The van der Waals surface area contributed by atoms with E-state index in [-0.39, 0.29) is 22.2 Å². The first-order valence-corrected chi connectivity index (χ1v) is 11.5. The Morgan fingerprint density at radius 3 is 2.50 bits per heavy atom. The lowest BCUT2D eigenvalue weighted by Gasteiger charge is -2.25. The van der Waals surface area contributed by atoms with Gasteiger partial charge in [-0.15, -0.1) is 5.10 Å². The van der Waals surface area contributed by atoms with Crippen molar-refractivity contribution < 1.29 is 22.3 Å². The molecule has 0 aliphatic carbocycles. The number of H-pyrrole nitrogens is 1. The molecule has 0 bridgehead atoms. The Hall–Kier alpha value is -2.60. The second kappa shape index (κ2) is 9.10. The molecular formula is C20H22ClFN4O5S. The minimum absolute atomic E-state index is 0.0222. The number of hydrogen-bond acceptors (Lipinski definition) is 7. The number of rotatable bonds is 7. The topological polar surface area (TPSA) is 138 Å². The fourth-order valence-corrected chi connectivity index (χ4v) is 4.87. The molecule has 0 aliphatic heterocycles. The standard InChI is InChI=1S/C20H22ClFN4O5S/c1-9-5-7-14(22)16(10(9)2)11(3)17(19-24-25-20(28)31-19)26-32(29,30)15-8-6-13(21)18(23-15)12(4)27/h5-8,11-12,17,26-27H,1-4H3,(H,25,28)/t11-,12?,17+/m1/s1. The molecule has 0 saturated heterocycles. The number of nitrogens with one attached hydrogen (secondary N) is 2. The average Bonchev–Trinajstić information content (AvgIpc) is 3.15. The molecule has 2 heterocycles. The van der Waals surface area contributed by atoms with Gasteiger partial charge in [0, 0.05) is 5.92 Å². The van der Waals surface area contributed by atoms with E-state index in [1.165, 1.54) is 19.1 Å². The summed E-state index contributed by atoms with van der Waals surface area (Å²) in [5.41, 5.74) is 1.66. The van der Waals surface area contributed by atoms with Gasteiger partial charge >= 0.3 is 5.76 Å². The van der Waals surface area contributed by atoms with Gasteiger partial charge in [0.25, 0.3) is 10.0 Å². The predicted molar refractivity (Wildman–Crippen MR) is 114 cm³/mol. The van der Waals surface area contributed by atoms with Crippen LogP contribution in [0.5, 0.6) is 0 Å². The first kappa shape index (κ1) is 24.1. The fourth-order valence-electron chi connectivity index (χ4n) is 3.38. The molecule has 3 rings (SSSR count). The Morgan fingerprint density at radius 1 is 1.22 bits per heavy atom. The lowest BCUT2D eigenvalue weighted by atomic mass is 9.88. The molecule has 3 N–H and O–H groups in total. The van der Waals surface area contributed by atoms with Crippen LogP contribution in [-0.2, 0) is 10.0 Å². The average molecular weight is 485 g/mol. The smallest absolute Gasteiger partial charge is 0.391 e. The number of aliphatic hydroxyl groups is 1. The van der Waals surface area contributed by atoms with Crippen molar-refractivity contribution >= 4 is 21.6 Å². The summed E-state index contributed by atoms with van der Waals surface area (Å²) in [6.45, 7) is 6.49. The van der Waals surface area contributed by atoms with E-state index < -0.39 is 44.7 Å². The van der Waals surface area contributed by atoms with Crippen LogP contribution in [0.25, 0.3) is 0 Å². The third-order valence-corrected chi connectivity index (χ3v) is 6.87. The van der Waals surface area contributed by atoms with E-state index in [9.17, 15) is 22.7 Å².